The molecule has 47 heavy (non-hydrogen) atoms. The van der Waals surface area contributed by atoms with Crippen LogP contribution >= 0.6 is 0 Å². The lowest BCUT2D eigenvalue weighted by atomic mass is 9.64. The van der Waals surface area contributed by atoms with Crippen molar-refractivity contribution in [2.75, 3.05) is 0 Å². The van der Waals surface area contributed by atoms with Crippen LogP contribution in [0.4, 0.5) is 31.1 Å². The molecule has 1 aliphatic heterocycles. The van der Waals surface area contributed by atoms with Crippen molar-refractivity contribution in [1.29, 1.82) is 0 Å². The van der Waals surface area contributed by atoms with Gasteiger partial charge in [-0.2, -0.15) is 26.3 Å². The molecule has 10 nitrogen and oxygen atoms in total. The number of ether oxygens (including phenoxy) is 5. The number of hydrogen-bond donors (Lipinski definition) is 0. The fourth-order valence-corrected chi connectivity index (χ4v) is 7.22. The van der Waals surface area contributed by atoms with Crippen molar-refractivity contribution in [2.24, 2.45) is 47.3 Å². The van der Waals surface area contributed by atoms with Crippen LogP contribution < -0.4 is 0 Å². The minimum absolute atomic E-state index is 0.0516. The Hall–Kier alpha value is -3.07. The smallest absolute Gasteiger partial charge is 0.460 e. The highest BCUT2D eigenvalue weighted by Gasteiger charge is 2.63. The SMILES string of the molecule is CC(CC1C(=O)OC(=O)C1C1C(C)C2CC(C(CC(=O)OC(C)(C)C)OC(=O)OC(C)(C)C)C1C2)C(=O)OC(C(F)(F)F)C(F)(F)F. The normalized spacial score (nSPS) is 29.4. The molecule has 3 fully saturated rings. The molecule has 16 heteroatoms. The Labute approximate surface area is 268 Å². The van der Waals surface area contributed by atoms with Crippen LogP contribution in [0.25, 0.3) is 0 Å². The summed E-state index contributed by atoms with van der Waals surface area (Å²) in [5, 5.41) is 0. The molecule has 3 rings (SSSR count). The van der Waals surface area contributed by atoms with E-state index in [0.717, 1.165) is 6.92 Å². The highest BCUT2D eigenvalue weighted by Crippen LogP contribution is 2.61. The second-order valence-corrected chi connectivity index (χ2v) is 14.8. The summed E-state index contributed by atoms with van der Waals surface area (Å²) >= 11 is 0. The second kappa shape index (κ2) is 13.4. The maximum absolute atomic E-state index is 13.1. The minimum atomic E-state index is -5.93. The first-order valence-electron chi connectivity index (χ1n) is 15.4. The van der Waals surface area contributed by atoms with E-state index in [-0.39, 0.29) is 18.3 Å². The summed E-state index contributed by atoms with van der Waals surface area (Å²) in [6.07, 6.45) is -18.3. The predicted octanol–water partition coefficient (Wildman–Crippen LogP) is 6.33. The molecule has 2 saturated carbocycles. The summed E-state index contributed by atoms with van der Waals surface area (Å²) in [4.78, 5) is 64.0. The number of carbonyl (C=O) groups excluding carboxylic acids is 5. The zero-order chi connectivity index (χ0) is 36.0. The topological polar surface area (TPSA) is 132 Å². The van der Waals surface area contributed by atoms with Crippen LogP contribution in [-0.2, 0) is 42.9 Å². The number of carbonyl (C=O) groups is 5. The van der Waals surface area contributed by atoms with Gasteiger partial charge in [0, 0.05) is 5.92 Å². The van der Waals surface area contributed by atoms with Crippen LogP contribution in [0.15, 0.2) is 0 Å². The lowest BCUT2D eigenvalue weighted by Gasteiger charge is -2.40. The van der Waals surface area contributed by atoms with Gasteiger partial charge in [-0.15, -0.1) is 0 Å². The zero-order valence-corrected chi connectivity index (χ0v) is 27.5. The largest absolute Gasteiger partial charge is 0.509 e. The number of hydrogen-bond acceptors (Lipinski definition) is 10. The van der Waals surface area contributed by atoms with Crippen molar-refractivity contribution in [1.82, 2.24) is 0 Å². The minimum Gasteiger partial charge on any atom is -0.460 e. The lowest BCUT2D eigenvalue weighted by Crippen LogP contribution is -2.46. The number of cyclic esters (lactones) is 2. The Morgan fingerprint density at radius 2 is 1.40 bits per heavy atom. The van der Waals surface area contributed by atoms with Crippen LogP contribution in [0.5, 0.6) is 0 Å². The molecule has 3 aliphatic rings. The molecule has 1 heterocycles. The van der Waals surface area contributed by atoms with Crippen molar-refractivity contribution >= 4 is 30.0 Å². The predicted molar refractivity (Wildman–Crippen MR) is 148 cm³/mol. The Morgan fingerprint density at radius 1 is 0.851 bits per heavy atom. The van der Waals surface area contributed by atoms with Crippen molar-refractivity contribution < 1.29 is 74.0 Å². The van der Waals surface area contributed by atoms with Crippen LogP contribution in [0.2, 0.25) is 0 Å². The quantitative estimate of drug-likeness (QED) is 0.117. The van der Waals surface area contributed by atoms with Gasteiger partial charge in [0.15, 0.2) is 0 Å². The fourth-order valence-electron chi connectivity index (χ4n) is 7.22. The summed E-state index contributed by atoms with van der Waals surface area (Å²) in [5.41, 5.74) is -1.77. The average molecular weight is 689 g/mol. The summed E-state index contributed by atoms with van der Waals surface area (Å²) in [7, 11) is 0. The number of alkyl halides is 6. The van der Waals surface area contributed by atoms with E-state index in [4.69, 9.17) is 18.9 Å². The van der Waals surface area contributed by atoms with Crippen LogP contribution in [0.1, 0.15) is 81.1 Å². The third-order valence-electron chi connectivity index (χ3n) is 8.91. The van der Waals surface area contributed by atoms with Crippen molar-refractivity contribution in [3.63, 3.8) is 0 Å². The van der Waals surface area contributed by atoms with E-state index in [2.05, 4.69) is 4.74 Å². The summed E-state index contributed by atoms with van der Waals surface area (Å²) in [6, 6.07) is 0. The van der Waals surface area contributed by atoms with Gasteiger partial charge in [0.1, 0.15) is 17.3 Å². The van der Waals surface area contributed by atoms with Gasteiger partial charge in [0.25, 0.3) is 6.10 Å². The average Bonchev–Trinajstić information content (AvgIpc) is 3.49. The summed E-state index contributed by atoms with van der Waals surface area (Å²) < 4.78 is 103. The molecule has 9 unspecified atom stereocenters. The zero-order valence-electron chi connectivity index (χ0n) is 27.5. The molecule has 0 aromatic rings. The molecular formula is C31H42F6O10. The fraction of sp³-hybridized carbons (Fsp3) is 0.839. The molecule has 0 spiro atoms. The molecule has 2 bridgehead atoms. The molecule has 0 amide bonds. The molecule has 0 aromatic carbocycles. The van der Waals surface area contributed by atoms with Crippen LogP contribution in [0.3, 0.4) is 0 Å². The maximum atomic E-state index is 13.1. The van der Waals surface area contributed by atoms with Gasteiger partial charge in [0.2, 0.25) is 0 Å². The van der Waals surface area contributed by atoms with Gasteiger partial charge in [-0.1, -0.05) is 13.8 Å². The van der Waals surface area contributed by atoms with Crippen molar-refractivity contribution in [3.05, 3.63) is 0 Å². The van der Waals surface area contributed by atoms with E-state index in [0.29, 0.717) is 12.8 Å². The molecule has 268 valence electrons. The first-order chi connectivity index (χ1) is 21.2. The number of fused-ring (bicyclic) bond motifs is 2. The Kier molecular flexibility index (Phi) is 11.0. The van der Waals surface area contributed by atoms with E-state index in [9.17, 15) is 50.3 Å². The van der Waals surface area contributed by atoms with Gasteiger partial charge >= 0.3 is 42.4 Å². The third kappa shape index (κ3) is 9.52. The number of rotatable bonds is 9. The van der Waals surface area contributed by atoms with E-state index in [1.165, 1.54) is 0 Å². The lowest BCUT2D eigenvalue weighted by molar-refractivity contribution is -0.314. The summed E-state index contributed by atoms with van der Waals surface area (Å²) in [6.45, 7) is 12.7. The van der Waals surface area contributed by atoms with Gasteiger partial charge in [-0.3, -0.25) is 19.2 Å². The first kappa shape index (κ1) is 38.4. The highest BCUT2D eigenvalue weighted by molar-refractivity contribution is 5.97. The summed E-state index contributed by atoms with van der Waals surface area (Å²) in [5.74, 6) is -10.5. The number of esters is 4. The van der Waals surface area contributed by atoms with Crippen molar-refractivity contribution in [2.45, 2.75) is 117 Å². The monoisotopic (exact) mass is 688 g/mol. The van der Waals surface area contributed by atoms with Crippen LogP contribution in [0, 0.1) is 47.3 Å². The van der Waals surface area contributed by atoms with Gasteiger partial charge in [-0.25, -0.2) is 4.79 Å². The standard InChI is InChI=1S/C31H42F6O10/c1-13(23(39)45-26(30(32,33)34)31(35,36)37)9-18-22(25(41)44-24(18)40)21-14(2)15-10-16(17(21)11-15)19(12-20(38)46-28(3,4)5)43-27(42)47-29(6,7)8/h13-19,21-22,26H,9-12H2,1-8H3. The second-order valence-electron chi connectivity index (χ2n) is 14.8. The van der Waals surface area contributed by atoms with Gasteiger partial charge in [-0.05, 0) is 84.5 Å². The molecular weight excluding hydrogens is 646 g/mol. The van der Waals surface area contributed by atoms with E-state index in [1.807, 2.05) is 6.92 Å². The van der Waals surface area contributed by atoms with Crippen molar-refractivity contribution in [3.8, 4) is 0 Å². The Balaban J connectivity index is 1.87. The van der Waals surface area contributed by atoms with Gasteiger partial charge < -0.3 is 23.7 Å². The molecule has 1 saturated heterocycles. The maximum Gasteiger partial charge on any atom is 0.509 e. The third-order valence-corrected chi connectivity index (χ3v) is 8.91. The Bertz CT molecular complexity index is 1170. The molecule has 0 aromatic heterocycles. The molecule has 0 radical (unpaired) electrons. The highest BCUT2D eigenvalue weighted by atomic mass is 19.4. The molecule has 9 atom stereocenters. The van der Waals surface area contributed by atoms with E-state index in [1.54, 1.807) is 41.5 Å². The molecule has 2 aliphatic carbocycles. The van der Waals surface area contributed by atoms with E-state index < -0.39 is 108 Å². The first-order valence-corrected chi connectivity index (χ1v) is 15.4. The molecule has 0 N–H and O–H groups in total. The Morgan fingerprint density at radius 3 is 1.89 bits per heavy atom. The van der Waals surface area contributed by atoms with Crippen LogP contribution in [-0.4, -0.2) is 65.8 Å². The number of halogens is 6. The van der Waals surface area contributed by atoms with E-state index >= 15 is 0 Å². The van der Waals surface area contributed by atoms with Gasteiger partial charge in [0.05, 0.1) is 24.2 Å².